The number of nitro groups is 1. The number of halogens is 4. The van der Waals surface area contributed by atoms with Crippen LogP contribution in [0.25, 0.3) is 0 Å². The van der Waals surface area contributed by atoms with E-state index in [1.165, 1.54) is 0 Å². The van der Waals surface area contributed by atoms with E-state index in [2.05, 4.69) is 0 Å². The van der Waals surface area contributed by atoms with Gasteiger partial charge in [-0.1, -0.05) is 46.9 Å². The highest BCUT2D eigenvalue weighted by Gasteiger charge is 2.18. The molecule has 0 aliphatic carbocycles. The summed E-state index contributed by atoms with van der Waals surface area (Å²) in [5, 5.41) is 11.1. The third-order valence-corrected chi connectivity index (χ3v) is 3.74. The smallest absolute Gasteiger partial charge is 0.272 e. The molecule has 0 spiro atoms. The first-order valence-electron chi connectivity index (χ1n) is 5.58. The van der Waals surface area contributed by atoms with Gasteiger partial charge in [-0.15, -0.1) is 11.6 Å². The van der Waals surface area contributed by atoms with E-state index in [-0.39, 0.29) is 27.4 Å². The second kappa shape index (κ2) is 6.71. The lowest BCUT2D eigenvalue weighted by molar-refractivity contribution is -0.384. The highest BCUT2D eigenvalue weighted by Crippen LogP contribution is 2.42. The quantitative estimate of drug-likeness (QED) is 0.374. The second-order valence-corrected chi connectivity index (χ2v) is 5.45. The van der Waals surface area contributed by atoms with Gasteiger partial charge in [0.05, 0.1) is 25.9 Å². The van der Waals surface area contributed by atoms with Crippen LogP contribution in [0.2, 0.25) is 15.1 Å². The van der Waals surface area contributed by atoms with Gasteiger partial charge in [-0.3, -0.25) is 10.1 Å². The van der Waals surface area contributed by atoms with Crippen molar-refractivity contribution >= 4 is 52.1 Å². The number of para-hydroxylation sites is 1. The normalized spacial score (nSPS) is 10.5. The van der Waals surface area contributed by atoms with E-state index in [4.69, 9.17) is 51.1 Å². The Bertz CT molecular complexity index is 683. The van der Waals surface area contributed by atoms with Crippen molar-refractivity contribution in [3.63, 3.8) is 0 Å². The van der Waals surface area contributed by atoms with Crippen LogP contribution >= 0.6 is 46.4 Å². The molecule has 0 N–H and O–H groups in total. The lowest BCUT2D eigenvalue weighted by Crippen LogP contribution is -1.94. The van der Waals surface area contributed by atoms with Crippen molar-refractivity contribution in [3.8, 4) is 11.5 Å². The van der Waals surface area contributed by atoms with Gasteiger partial charge in [0.2, 0.25) is 0 Å². The molecule has 0 aromatic heterocycles. The van der Waals surface area contributed by atoms with E-state index in [1.54, 1.807) is 18.2 Å². The Morgan fingerprint density at radius 3 is 2.19 bits per heavy atom. The van der Waals surface area contributed by atoms with Crippen molar-refractivity contribution < 1.29 is 9.66 Å². The van der Waals surface area contributed by atoms with E-state index < -0.39 is 4.92 Å². The standard InChI is InChI=1S/C13H7Cl4NO3/c14-6-7-2-1-3-9(15)12(7)21-13-10(16)4-8(18(19)20)5-11(13)17/h1-5H,6H2. The number of non-ortho nitro benzene ring substituents is 1. The summed E-state index contributed by atoms with van der Waals surface area (Å²) >= 11 is 23.9. The lowest BCUT2D eigenvalue weighted by atomic mass is 10.2. The first kappa shape index (κ1) is 16.2. The van der Waals surface area contributed by atoms with Gasteiger partial charge in [0.1, 0.15) is 0 Å². The van der Waals surface area contributed by atoms with Crippen LogP contribution in [-0.2, 0) is 5.88 Å². The molecular weight excluding hydrogens is 360 g/mol. The van der Waals surface area contributed by atoms with Gasteiger partial charge >= 0.3 is 0 Å². The monoisotopic (exact) mass is 365 g/mol. The number of hydrogen-bond donors (Lipinski definition) is 0. The van der Waals surface area contributed by atoms with Gasteiger partial charge in [0.15, 0.2) is 11.5 Å². The maximum Gasteiger partial charge on any atom is 0.272 e. The van der Waals surface area contributed by atoms with Crippen LogP contribution in [0.3, 0.4) is 0 Å². The van der Waals surface area contributed by atoms with Crippen LogP contribution in [-0.4, -0.2) is 4.92 Å². The van der Waals surface area contributed by atoms with Gasteiger partial charge in [-0.2, -0.15) is 0 Å². The molecule has 0 aliphatic rings. The van der Waals surface area contributed by atoms with E-state index in [9.17, 15) is 10.1 Å². The molecule has 2 aromatic carbocycles. The molecule has 0 saturated carbocycles. The van der Waals surface area contributed by atoms with E-state index in [0.29, 0.717) is 16.3 Å². The van der Waals surface area contributed by atoms with Crippen LogP contribution < -0.4 is 4.74 Å². The maximum absolute atomic E-state index is 10.7. The predicted molar refractivity (Wildman–Crippen MR) is 84.2 cm³/mol. The molecule has 0 fully saturated rings. The lowest BCUT2D eigenvalue weighted by Gasteiger charge is -2.13. The molecule has 0 aliphatic heterocycles. The molecule has 0 radical (unpaired) electrons. The third-order valence-electron chi connectivity index (χ3n) is 2.59. The number of rotatable bonds is 4. The van der Waals surface area contributed by atoms with Gasteiger partial charge in [-0.05, 0) is 6.07 Å². The molecule has 110 valence electrons. The fourth-order valence-corrected chi connectivity index (χ4v) is 2.62. The van der Waals surface area contributed by atoms with Crippen LogP contribution in [0.5, 0.6) is 11.5 Å². The minimum atomic E-state index is -0.596. The summed E-state index contributed by atoms with van der Waals surface area (Å²) in [6.45, 7) is 0. The minimum Gasteiger partial charge on any atom is -0.452 e. The first-order valence-corrected chi connectivity index (χ1v) is 7.25. The molecule has 2 rings (SSSR count). The zero-order chi connectivity index (χ0) is 15.6. The van der Waals surface area contributed by atoms with E-state index in [1.807, 2.05) is 0 Å². The number of ether oxygens (including phenoxy) is 1. The third kappa shape index (κ3) is 3.52. The van der Waals surface area contributed by atoms with Gasteiger partial charge < -0.3 is 4.74 Å². The Hall–Kier alpha value is -1.20. The average Bonchev–Trinajstić information content (AvgIpc) is 2.43. The molecule has 0 saturated heterocycles. The number of hydrogen-bond acceptors (Lipinski definition) is 3. The van der Waals surface area contributed by atoms with Crippen molar-refractivity contribution in [2.75, 3.05) is 0 Å². The Balaban J connectivity index is 2.48. The SMILES string of the molecule is O=[N+]([O-])c1cc(Cl)c(Oc2c(Cl)cccc2CCl)c(Cl)c1. The number of nitrogens with zero attached hydrogens (tertiary/aromatic N) is 1. The number of alkyl halides is 1. The molecule has 0 heterocycles. The molecule has 21 heavy (non-hydrogen) atoms. The maximum atomic E-state index is 10.7. The zero-order valence-electron chi connectivity index (χ0n) is 10.3. The number of nitro benzene ring substituents is 1. The van der Waals surface area contributed by atoms with Crippen LogP contribution in [0.4, 0.5) is 5.69 Å². The highest BCUT2D eigenvalue weighted by atomic mass is 35.5. The molecule has 2 aromatic rings. The van der Waals surface area contributed by atoms with E-state index in [0.717, 1.165) is 12.1 Å². The minimum absolute atomic E-state index is 0.00893. The summed E-state index contributed by atoms with van der Waals surface area (Å²) in [5.74, 6) is 0.577. The molecular formula is C13H7Cl4NO3. The summed E-state index contributed by atoms with van der Waals surface area (Å²) in [5.41, 5.74) is 0.420. The summed E-state index contributed by atoms with van der Waals surface area (Å²) in [7, 11) is 0. The summed E-state index contributed by atoms with van der Waals surface area (Å²) < 4.78 is 5.62. The van der Waals surface area contributed by atoms with E-state index >= 15 is 0 Å². The molecule has 0 unspecified atom stereocenters. The van der Waals surface area contributed by atoms with Crippen LogP contribution in [0.15, 0.2) is 30.3 Å². The van der Waals surface area contributed by atoms with Crippen molar-refractivity contribution in [2.45, 2.75) is 5.88 Å². The second-order valence-electron chi connectivity index (χ2n) is 3.96. The summed E-state index contributed by atoms with van der Waals surface area (Å²) in [6.07, 6.45) is 0. The fraction of sp³-hybridized carbons (Fsp3) is 0.0769. The molecule has 4 nitrogen and oxygen atoms in total. The predicted octanol–water partition coefficient (Wildman–Crippen LogP) is 6.09. The highest BCUT2D eigenvalue weighted by molar-refractivity contribution is 6.37. The first-order chi connectivity index (χ1) is 9.93. The Morgan fingerprint density at radius 2 is 1.67 bits per heavy atom. The van der Waals surface area contributed by atoms with Crippen molar-refractivity contribution in [2.24, 2.45) is 0 Å². The fourth-order valence-electron chi connectivity index (χ4n) is 1.62. The average molecular weight is 367 g/mol. The van der Waals surface area contributed by atoms with Gasteiger partial charge in [0, 0.05) is 17.7 Å². The van der Waals surface area contributed by atoms with Gasteiger partial charge in [0.25, 0.3) is 5.69 Å². The molecule has 0 atom stereocenters. The molecule has 0 amide bonds. The van der Waals surface area contributed by atoms with Crippen LogP contribution in [0, 0.1) is 10.1 Å². The topological polar surface area (TPSA) is 52.4 Å². The summed E-state index contributed by atoms with van der Waals surface area (Å²) in [4.78, 5) is 10.1. The number of benzene rings is 2. The molecule has 0 bridgehead atoms. The Morgan fingerprint density at radius 1 is 1.05 bits per heavy atom. The Labute approximate surface area is 140 Å². The van der Waals surface area contributed by atoms with Gasteiger partial charge in [-0.25, -0.2) is 0 Å². The molecule has 8 heteroatoms. The van der Waals surface area contributed by atoms with Crippen molar-refractivity contribution in [1.29, 1.82) is 0 Å². The van der Waals surface area contributed by atoms with Crippen molar-refractivity contribution in [1.82, 2.24) is 0 Å². The van der Waals surface area contributed by atoms with Crippen molar-refractivity contribution in [3.05, 3.63) is 61.1 Å². The summed E-state index contributed by atoms with van der Waals surface area (Å²) in [6, 6.07) is 7.40. The Kier molecular flexibility index (Phi) is 5.17. The van der Waals surface area contributed by atoms with Crippen LogP contribution in [0.1, 0.15) is 5.56 Å². The zero-order valence-corrected chi connectivity index (χ0v) is 13.3. The largest absolute Gasteiger partial charge is 0.452 e.